The summed E-state index contributed by atoms with van der Waals surface area (Å²) in [6.45, 7) is 7.79. The van der Waals surface area contributed by atoms with E-state index in [0.717, 1.165) is 32.6 Å². The summed E-state index contributed by atoms with van der Waals surface area (Å²) in [6, 6.07) is 8.34. The van der Waals surface area contributed by atoms with E-state index in [0.29, 0.717) is 0 Å². The Hall–Kier alpha value is -1.39. The fourth-order valence-electron chi connectivity index (χ4n) is 3.28. The van der Waals surface area contributed by atoms with Crippen LogP contribution in [0.15, 0.2) is 24.3 Å². The van der Waals surface area contributed by atoms with Gasteiger partial charge in [-0.1, -0.05) is 24.3 Å². The minimum atomic E-state index is -0.0703. The first-order valence-electron chi connectivity index (χ1n) is 7.77. The molecule has 1 aromatic carbocycles. The van der Waals surface area contributed by atoms with E-state index < -0.39 is 0 Å². The molecule has 1 aromatic rings. The highest BCUT2D eigenvalue weighted by atomic mass is 16.2. The predicted octanol–water partition coefficient (Wildman–Crippen LogP) is 1.25. The van der Waals surface area contributed by atoms with Crippen LogP contribution in [0, 0.1) is 0 Å². The van der Waals surface area contributed by atoms with Gasteiger partial charge in [0.25, 0.3) is 0 Å². The average molecular weight is 287 g/mol. The van der Waals surface area contributed by atoms with Crippen LogP contribution in [-0.4, -0.2) is 54.0 Å². The second-order valence-corrected chi connectivity index (χ2v) is 6.90. The Morgan fingerprint density at radius 1 is 1.24 bits per heavy atom. The van der Waals surface area contributed by atoms with Crippen LogP contribution in [-0.2, 0) is 17.8 Å². The molecule has 0 saturated carbocycles. The van der Waals surface area contributed by atoms with E-state index in [1.807, 2.05) is 4.90 Å². The van der Waals surface area contributed by atoms with Gasteiger partial charge in [0, 0.05) is 31.7 Å². The van der Waals surface area contributed by atoms with E-state index in [9.17, 15) is 4.79 Å². The highest BCUT2D eigenvalue weighted by molar-refractivity contribution is 5.82. The smallest absolute Gasteiger partial charge is 0.240 e. The first kappa shape index (κ1) is 14.5. The molecule has 4 nitrogen and oxygen atoms in total. The summed E-state index contributed by atoms with van der Waals surface area (Å²) in [4.78, 5) is 17.2. The third kappa shape index (κ3) is 2.83. The molecule has 114 valence electrons. The molecule has 0 bridgehead atoms. The van der Waals surface area contributed by atoms with Crippen molar-refractivity contribution in [1.82, 2.24) is 15.1 Å². The standard InChI is InChI=1S/C17H25N3O/c1-17(2)12-20(9-8-19(17)3)16(21)15-10-13-6-4-5-7-14(13)11-18-15/h4-7,15,18H,8-12H2,1-3H3. The van der Waals surface area contributed by atoms with Crippen LogP contribution < -0.4 is 5.32 Å². The van der Waals surface area contributed by atoms with Crippen molar-refractivity contribution in [1.29, 1.82) is 0 Å². The molecule has 2 aliphatic heterocycles. The number of likely N-dealkylation sites (N-methyl/N-ethyl adjacent to an activating group) is 1. The molecule has 0 spiro atoms. The van der Waals surface area contributed by atoms with Crippen LogP contribution in [0.25, 0.3) is 0 Å². The van der Waals surface area contributed by atoms with Gasteiger partial charge >= 0.3 is 0 Å². The molecule has 4 heteroatoms. The lowest BCUT2D eigenvalue weighted by Gasteiger charge is -2.46. The molecule has 2 heterocycles. The number of fused-ring (bicyclic) bond motifs is 1. The van der Waals surface area contributed by atoms with Crippen molar-refractivity contribution >= 4 is 5.91 Å². The van der Waals surface area contributed by atoms with E-state index in [1.165, 1.54) is 11.1 Å². The maximum Gasteiger partial charge on any atom is 0.240 e. The number of hydrogen-bond donors (Lipinski definition) is 1. The summed E-state index contributed by atoms with van der Waals surface area (Å²) in [6.07, 6.45) is 0.807. The second-order valence-electron chi connectivity index (χ2n) is 6.90. The molecule has 1 N–H and O–H groups in total. The van der Waals surface area contributed by atoms with Crippen LogP contribution in [0.4, 0.5) is 0 Å². The molecular weight excluding hydrogens is 262 g/mol. The topological polar surface area (TPSA) is 35.6 Å². The number of piperazine rings is 1. The van der Waals surface area contributed by atoms with E-state index in [2.05, 4.69) is 55.4 Å². The normalized spacial score (nSPS) is 25.5. The molecule has 3 rings (SSSR count). The van der Waals surface area contributed by atoms with Gasteiger partial charge in [-0.05, 0) is 38.4 Å². The van der Waals surface area contributed by atoms with Crippen molar-refractivity contribution in [2.45, 2.75) is 38.4 Å². The fraction of sp³-hybridized carbons (Fsp3) is 0.588. The Labute approximate surface area is 127 Å². The predicted molar refractivity (Wildman–Crippen MR) is 84.1 cm³/mol. The maximum atomic E-state index is 12.8. The summed E-state index contributed by atoms with van der Waals surface area (Å²) >= 11 is 0. The minimum absolute atomic E-state index is 0.0560. The molecule has 0 aromatic heterocycles. The lowest BCUT2D eigenvalue weighted by atomic mass is 9.94. The molecule has 0 aliphatic carbocycles. The Bertz CT molecular complexity index is 541. The SMILES string of the molecule is CN1CCN(C(=O)C2Cc3ccccc3CN2)CC1(C)C. The third-order valence-corrected chi connectivity index (χ3v) is 5.01. The number of carbonyl (C=O) groups is 1. The summed E-state index contributed by atoms with van der Waals surface area (Å²) in [5.41, 5.74) is 2.68. The van der Waals surface area contributed by atoms with Crippen molar-refractivity contribution < 1.29 is 4.79 Å². The summed E-state index contributed by atoms with van der Waals surface area (Å²) < 4.78 is 0. The van der Waals surface area contributed by atoms with Gasteiger partial charge in [-0.15, -0.1) is 0 Å². The van der Waals surface area contributed by atoms with Crippen molar-refractivity contribution in [2.24, 2.45) is 0 Å². The van der Waals surface area contributed by atoms with Crippen molar-refractivity contribution in [2.75, 3.05) is 26.7 Å². The summed E-state index contributed by atoms with van der Waals surface area (Å²) in [5.74, 6) is 0.255. The second kappa shape index (κ2) is 5.43. The van der Waals surface area contributed by atoms with Crippen LogP contribution >= 0.6 is 0 Å². The van der Waals surface area contributed by atoms with Gasteiger partial charge in [-0.2, -0.15) is 0 Å². The number of nitrogens with one attached hydrogen (secondary N) is 1. The molecule has 1 amide bonds. The summed E-state index contributed by atoms with van der Waals surface area (Å²) in [7, 11) is 2.14. The number of rotatable bonds is 1. The zero-order chi connectivity index (χ0) is 15.0. The number of benzene rings is 1. The van der Waals surface area contributed by atoms with Gasteiger partial charge in [0.05, 0.1) is 6.04 Å². The first-order chi connectivity index (χ1) is 9.97. The largest absolute Gasteiger partial charge is 0.338 e. The van der Waals surface area contributed by atoms with Crippen LogP contribution in [0.1, 0.15) is 25.0 Å². The average Bonchev–Trinajstić information content (AvgIpc) is 2.48. The Balaban J connectivity index is 1.70. The molecule has 21 heavy (non-hydrogen) atoms. The maximum absolute atomic E-state index is 12.8. The third-order valence-electron chi connectivity index (χ3n) is 5.01. The molecule has 1 unspecified atom stereocenters. The minimum Gasteiger partial charge on any atom is -0.338 e. The molecular formula is C17H25N3O. The van der Waals surface area contributed by atoms with E-state index in [4.69, 9.17) is 0 Å². The van der Waals surface area contributed by atoms with E-state index in [1.54, 1.807) is 0 Å². The van der Waals surface area contributed by atoms with Crippen molar-refractivity contribution in [3.05, 3.63) is 35.4 Å². The quantitative estimate of drug-likeness (QED) is 0.844. The number of amides is 1. The van der Waals surface area contributed by atoms with Crippen molar-refractivity contribution in [3.8, 4) is 0 Å². The first-order valence-corrected chi connectivity index (χ1v) is 7.77. The van der Waals surface area contributed by atoms with Gasteiger partial charge in [-0.25, -0.2) is 0 Å². The van der Waals surface area contributed by atoms with Gasteiger partial charge in [-0.3, -0.25) is 9.69 Å². The van der Waals surface area contributed by atoms with Crippen molar-refractivity contribution in [3.63, 3.8) is 0 Å². The molecule has 0 radical (unpaired) electrons. The van der Waals surface area contributed by atoms with Crippen LogP contribution in [0.2, 0.25) is 0 Å². The van der Waals surface area contributed by atoms with E-state index >= 15 is 0 Å². The lowest BCUT2D eigenvalue weighted by Crippen LogP contribution is -2.62. The highest BCUT2D eigenvalue weighted by Crippen LogP contribution is 2.22. The zero-order valence-corrected chi connectivity index (χ0v) is 13.2. The fourth-order valence-corrected chi connectivity index (χ4v) is 3.28. The molecule has 1 saturated heterocycles. The number of nitrogens with zero attached hydrogens (tertiary/aromatic N) is 2. The molecule has 1 fully saturated rings. The molecule has 2 aliphatic rings. The van der Waals surface area contributed by atoms with Gasteiger partial charge in [0.1, 0.15) is 0 Å². The van der Waals surface area contributed by atoms with E-state index in [-0.39, 0.29) is 17.5 Å². The summed E-state index contributed by atoms with van der Waals surface area (Å²) in [5, 5.41) is 3.41. The molecule has 1 atom stereocenters. The Kier molecular flexibility index (Phi) is 3.76. The van der Waals surface area contributed by atoms with Gasteiger partial charge < -0.3 is 10.2 Å². The van der Waals surface area contributed by atoms with Crippen LogP contribution in [0.5, 0.6) is 0 Å². The lowest BCUT2D eigenvalue weighted by molar-refractivity contribution is -0.138. The Morgan fingerprint density at radius 3 is 2.67 bits per heavy atom. The van der Waals surface area contributed by atoms with Gasteiger partial charge in [0.2, 0.25) is 5.91 Å². The van der Waals surface area contributed by atoms with Gasteiger partial charge in [0.15, 0.2) is 0 Å². The number of hydrogen-bond acceptors (Lipinski definition) is 3. The zero-order valence-electron chi connectivity index (χ0n) is 13.2. The Morgan fingerprint density at radius 2 is 1.95 bits per heavy atom. The number of carbonyl (C=O) groups excluding carboxylic acids is 1. The monoisotopic (exact) mass is 287 g/mol. The van der Waals surface area contributed by atoms with Crippen LogP contribution in [0.3, 0.4) is 0 Å². The highest BCUT2D eigenvalue weighted by Gasteiger charge is 2.36.